The van der Waals surface area contributed by atoms with Gasteiger partial charge in [-0.1, -0.05) is 60.1 Å². The van der Waals surface area contributed by atoms with Crippen LogP contribution in [0.2, 0.25) is 5.02 Å². The maximum absolute atomic E-state index is 13.8. The summed E-state index contributed by atoms with van der Waals surface area (Å²) in [5, 5.41) is 3.50. The van der Waals surface area contributed by atoms with Crippen LogP contribution in [0.25, 0.3) is 0 Å². The maximum Gasteiger partial charge on any atom is 0.251 e. The number of amides is 2. The van der Waals surface area contributed by atoms with Crippen LogP contribution in [0.5, 0.6) is 5.75 Å². The van der Waals surface area contributed by atoms with Gasteiger partial charge in [0.05, 0.1) is 13.5 Å². The molecule has 1 atom stereocenters. The molecule has 0 aliphatic heterocycles. The minimum atomic E-state index is -0.902. The summed E-state index contributed by atoms with van der Waals surface area (Å²) in [6.45, 7) is 0.211. The van der Waals surface area contributed by atoms with E-state index in [0.717, 1.165) is 11.1 Å². The fourth-order valence-electron chi connectivity index (χ4n) is 3.89. The first-order chi connectivity index (χ1) is 17.5. The Hall–Kier alpha value is -4.16. The first kappa shape index (κ1) is 24.9. The van der Waals surface area contributed by atoms with Gasteiger partial charge < -0.3 is 15.0 Å². The zero-order valence-corrected chi connectivity index (χ0v) is 20.6. The van der Waals surface area contributed by atoms with Gasteiger partial charge in [-0.05, 0) is 59.2 Å². The molecule has 1 unspecified atom stereocenters. The number of anilines is 1. The number of rotatable bonds is 9. The van der Waals surface area contributed by atoms with Crippen LogP contribution in [-0.2, 0) is 22.6 Å². The SMILES string of the molecule is COc1ccc(NC(=O)C(c2ccc(Cl)cc2)N(Cc2cccnc2)C(=O)Cc2ccccc2)cc1. The third kappa shape index (κ3) is 6.49. The molecule has 4 rings (SSSR count). The zero-order valence-electron chi connectivity index (χ0n) is 19.8. The van der Waals surface area contributed by atoms with Crippen LogP contribution in [0.15, 0.2) is 103 Å². The van der Waals surface area contributed by atoms with Gasteiger partial charge in [0.25, 0.3) is 5.91 Å². The van der Waals surface area contributed by atoms with Gasteiger partial charge in [0, 0.05) is 29.6 Å². The summed E-state index contributed by atoms with van der Waals surface area (Å²) in [5.41, 5.74) is 2.92. The Morgan fingerprint density at radius 1 is 0.917 bits per heavy atom. The van der Waals surface area contributed by atoms with Crippen LogP contribution in [0.1, 0.15) is 22.7 Å². The number of hydrogen-bond donors (Lipinski definition) is 1. The standard InChI is InChI=1S/C29H26ClN3O3/c1-36-26-15-13-25(14-16-26)32-29(35)28(23-9-11-24(30)12-10-23)33(20-22-8-5-17-31-19-22)27(34)18-21-6-3-2-4-7-21/h2-17,19,28H,18,20H2,1H3,(H,32,35). The average Bonchev–Trinajstić information content (AvgIpc) is 2.91. The summed E-state index contributed by atoms with van der Waals surface area (Å²) >= 11 is 6.13. The molecular formula is C29H26ClN3O3. The second-order valence-electron chi connectivity index (χ2n) is 8.22. The van der Waals surface area contributed by atoms with E-state index < -0.39 is 6.04 Å². The zero-order chi connectivity index (χ0) is 25.3. The van der Waals surface area contributed by atoms with Gasteiger partial charge in [-0.3, -0.25) is 14.6 Å². The Morgan fingerprint density at radius 2 is 1.61 bits per heavy atom. The summed E-state index contributed by atoms with van der Waals surface area (Å²) in [7, 11) is 1.58. The van der Waals surface area contributed by atoms with Crippen molar-refractivity contribution in [1.82, 2.24) is 9.88 Å². The molecule has 1 N–H and O–H groups in total. The summed E-state index contributed by atoms with van der Waals surface area (Å²) in [6, 6.07) is 26.3. The smallest absolute Gasteiger partial charge is 0.251 e. The summed E-state index contributed by atoms with van der Waals surface area (Å²) in [4.78, 5) is 33.3. The Labute approximate surface area is 215 Å². The topological polar surface area (TPSA) is 71.5 Å². The Balaban J connectivity index is 1.71. The molecule has 6 nitrogen and oxygen atoms in total. The predicted octanol–water partition coefficient (Wildman–Crippen LogP) is 5.69. The summed E-state index contributed by atoms with van der Waals surface area (Å²) < 4.78 is 5.21. The molecule has 7 heteroatoms. The van der Waals surface area contributed by atoms with Gasteiger partial charge in [0.2, 0.25) is 5.91 Å². The van der Waals surface area contributed by atoms with E-state index in [1.165, 1.54) is 0 Å². The number of nitrogens with zero attached hydrogens (tertiary/aromatic N) is 2. The highest BCUT2D eigenvalue weighted by Gasteiger charge is 2.32. The molecule has 0 aliphatic carbocycles. The van der Waals surface area contributed by atoms with Crippen LogP contribution in [-0.4, -0.2) is 28.8 Å². The van der Waals surface area contributed by atoms with Crippen LogP contribution in [0, 0.1) is 0 Å². The third-order valence-corrected chi connectivity index (χ3v) is 5.95. The molecule has 0 bridgehead atoms. The number of carbonyl (C=O) groups is 2. The second-order valence-corrected chi connectivity index (χ2v) is 8.65. The molecule has 0 fully saturated rings. The van der Waals surface area contributed by atoms with Crippen molar-refractivity contribution in [2.45, 2.75) is 19.0 Å². The number of pyridine rings is 1. The monoisotopic (exact) mass is 499 g/mol. The highest BCUT2D eigenvalue weighted by Crippen LogP contribution is 2.28. The molecule has 2 amide bonds. The van der Waals surface area contributed by atoms with Crippen molar-refractivity contribution in [1.29, 1.82) is 0 Å². The second kappa shape index (κ2) is 12.0. The number of benzene rings is 3. The fourth-order valence-corrected chi connectivity index (χ4v) is 4.01. The van der Waals surface area contributed by atoms with Crippen molar-refractivity contribution in [3.63, 3.8) is 0 Å². The molecule has 0 aliphatic rings. The molecule has 3 aromatic carbocycles. The number of carbonyl (C=O) groups excluding carboxylic acids is 2. The maximum atomic E-state index is 13.8. The van der Waals surface area contributed by atoms with E-state index in [-0.39, 0.29) is 24.8 Å². The van der Waals surface area contributed by atoms with E-state index in [4.69, 9.17) is 16.3 Å². The minimum absolute atomic E-state index is 0.154. The van der Waals surface area contributed by atoms with Crippen molar-refractivity contribution < 1.29 is 14.3 Å². The molecule has 182 valence electrons. The Kier molecular flexibility index (Phi) is 8.32. The van der Waals surface area contributed by atoms with Crippen molar-refractivity contribution in [2.24, 2.45) is 0 Å². The molecule has 1 aromatic heterocycles. The van der Waals surface area contributed by atoms with Gasteiger partial charge in [-0.2, -0.15) is 0 Å². The number of halogens is 1. The molecule has 0 radical (unpaired) electrons. The molecule has 4 aromatic rings. The number of nitrogens with one attached hydrogen (secondary N) is 1. The lowest BCUT2D eigenvalue weighted by Crippen LogP contribution is -2.41. The quantitative estimate of drug-likeness (QED) is 0.321. The lowest BCUT2D eigenvalue weighted by atomic mass is 10.0. The Morgan fingerprint density at radius 3 is 2.25 bits per heavy atom. The summed E-state index contributed by atoms with van der Waals surface area (Å²) in [5.74, 6) is 0.154. The molecule has 1 heterocycles. The lowest BCUT2D eigenvalue weighted by molar-refractivity contribution is -0.139. The predicted molar refractivity (Wildman–Crippen MR) is 141 cm³/mol. The van der Waals surface area contributed by atoms with Crippen LogP contribution >= 0.6 is 11.6 Å². The van der Waals surface area contributed by atoms with Gasteiger partial charge in [0.15, 0.2) is 0 Å². The van der Waals surface area contributed by atoms with Crippen LogP contribution in [0.4, 0.5) is 5.69 Å². The van der Waals surface area contributed by atoms with E-state index >= 15 is 0 Å². The normalized spacial score (nSPS) is 11.4. The Bertz CT molecular complexity index is 1280. The molecular weight excluding hydrogens is 474 g/mol. The first-order valence-electron chi connectivity index (χ1n) is 11.5. The van der Waals surface area contributed by atoms with Crippen molar-refractivity contribution >= 4 is 29.1 Å². The summed E-state index contributed by atoms with van der Waals surface area (Å²) in [6.07, 6.45) is 3.52. The van der Waals surface area contributed by atoms with Gasteiger partial charge in [-0.25, -0.2) is 0 Å². The van der Waals surface area contributed by atoms with E-state index in [0.29, 0.717) is 22.0 Å². The molecule has 36 heavy (non-hydrogen) atoms. The van der Waals surface area contributed by atoms with E-state index in [1.807, 2.05) is 42.5 Å². The van der Waals surface area contributed by atoms with E-state index in [1.54, 1.807) is 72.9 Å². The van der Waals surface area contributed by atoms with Crippen molar-refractivity contribution in [3.8, 4) is 5.75 Å². The average molecular weight is 500 g/mol. The van der Waals surface area contributed by atoms with Crippen LogP contribution in [0.3, 0.4) is 0 Å². The molecule has 0 spiro atoms. The molecule has 0 saturated heterocycles. The number of methoxy groups -OCH3 is 1. The largest absolute Gasteiger partial charge is 0.497 e. The van der Waals surface area contributed by atoms with Crippen LogP contribution < -0.4 is 10.1 Å². The van der Waals surface area contributed by atoms with E-state index in [2.05, 4.69) is 10.3 Å². The van der Waals surface area contributed by atoms with Crippen molar-refractivity contribution in [3.05, 3.63) is 125 Å². The van der Waals surface area contributed by atoms with Crippen molar-refractivity contribution in [2.75, 3.05) is 12.4 Å². The fraction of sp³-hybridized carbons (Fsp3) is 0.138. The van der Waals surface area contributed by atoms with Gasteiger partial charge >= 0.3 is 0 Å². The molecule has 0 saturated carbocycles. The van der Waals surface area contributed by atoms with Gasteiger partial charge in [0.1, 0.15) is 11.8 Å². The first-order valence-corrected chi connectivity index (χ1v) is 11.8. The van der Waals surface area contributed by atoms with E-state index in [9.17, 15) is 9.59 Å². The third-order valence-electron chi connectivity index (χ3n) is 5.70. The number of ether oxygens (including phenoxy) is 1. The number of aromatic nitrogens is 1. The highest BCUT2D eigenvalue weighted by atomic mass is 35.5. The lowest BCUT2D eigenvalue weighted by Gasteiger charge is -2.32. The van der Waals surface area contributed by atoms with Gasteiger partial charge in [-0.15, -0.1) is 0 Å². The highest BCUT2D eigenvalue weighted by molar-refractivity contribution is 6.30. The number of hydrogen-bond acceptors (Lipinski definition) is 4. The minimum Gasteiger partial charge on any atom is -0.497 e.